The zero-order chi connectivity index (χ0) is 36.8. The predicted octanol–water partition coefficient (Wildman–Crippen LogP) is 13.3. The van der Waals surface area contributed by atoms with E-state index in [1.165, 1.54) is 64.9 Å². The van der Waals surface area contributed by atoms with E-state index in [4.69, 9.17) is 15.0 Å². The van der Waals surface area contributed by atoms with Crippen LogP contribution >= 0.6 is 11.3 Å². The van der Waals surface area contributed by atoms with Crippen LogP contribution in [0.3, 0.4) is 0 Å². The maximum atomic E-state index is 5.14. The van der Waals surface area contributed by atoms with E-state index in [0.717, 1.165) is 27.6 Å². The molecule has 2 aliphatic rings. The zero-order valence-corrected chi connectivity index (χ0v) is 31.0. The molecule has 4 heteroatoms. The van der Waals surface area contributed by atoms with E-state index < -0.39 is 5.41 Å². The van der Waals surface area contributed by atoms with Crippen molar-refractivity contribution in [3.63, 3.8) is 0 Å². The Morgan fingerprint density at radius 2 is 0.929 bits per heavy atom. The van der Waals surface area contributed by atoms with Crippen molar-refractivity contribution < 1.29 is 0 Å². The van der Waals surface area contributed by atoms with E-state index in [9.17, 15) is 0 Å². The highest BCUT2D eigenvalue weighted by Crippen LogP contribution is 2.66. The second-order valence-electron chi connectivity index (χ2n) is 14.7. The molecule has 0 saturated heterocycles. The summed E-state index contributed by atoms with van der Waals surface area (Å²) in [5, 5.41) is 3.67. The summed E-state index contributed by atoms with van der Waals surface area (Å²) in [6.07, 6.45) is 0. The average molecular weight is 730 g/mol. The van der Waals surface area contributed by atoms with Crippen molar-refractivity contribution >= 4 is 32.2 Å². The Balaban J connectivity index is 1.05. The molecule has 0 bridgehead atoms. The molecular formula is C52H31N3S. The standard InChI is InChI=1S/C52H31N3S/c1-2-14-33(15-3-1)49-53-50(55-51(54-49)38-26-25-32-13-4-5-16-34(32)29-38)37-18-12-17-35(30-37)36-27-28-41-45(31-36)52(48-47(41)42-21-8-11-24-46(42)56-48)43-22-9-6-19-39(43)40-20-7-10-23-44(40)52/h1-31H. The highest BCUT2D eigenvalue weighted by atomic mass is 32.1. The van der Waals surface area contributed by atoms with E-state index in [-0.39, 0.29) is 0 Å². The third-order valence-electron chi connectivity index (χ3n) is 11.7. The minimum atomic E-state index is -0.400. The summed E-state index contributed by atoms with van der Waals surface area (Å²) in [7, 11) is 0. The van der Waals surface area contributed by atoms with Crippen molar-refractivity contribution in [1.82, 2.24) is 15.0 Å². The van der Waals surface area contributed by atoms with Gasteiger partial charge in [-0.05, 0) is 79.5 Å². The molecule has 3 nitrogen and oxygen atoms in total. The lowest BCUT2D eigenvalue weighted by Gasteiger charge is -2.29. The normalized spacial score (nSPS) is 13.1. The number of rotatable bonds is 4. The smallest absolute Gasteiger partial charge is 0.164 e. The van der Waals surface area contributed by atoms with Crippen molar-refractivity contribution in [2.24, 2.45) is 0 Å². The average Bonchev–Trinajstić information content (AvgIpc) is 3.90. The fourth-order valence-electron chi connectivity index (χ4n) is 9.24. The van der Waals surface area contributed by atoms with E-state index in [2.05, 4.69) is 170 Å². The van der Waals surface area contributed by atoms with Gasteiger partial charge in [-0.2, -0.15) is 0 Å². The van der Waals surface area contributed by atoms with Crippen LogP contribution in [0.15, 0.2) is 188 Å². The van der Waals surface area contributed by atoms with Crippen LogP contribution in [-0.2, 0) is 5.41 Å². The molecule has 0 fully saturated rings. The van der Waals surface area contributed by atoms with Gasteiger partial charge in [-0.1, -0.05) is 164 Å². The second kappa shape index (κ2) is 12.0. The van der Waals surface area contributed by atoms with Crippen LogP contribution in [0.4, 0.5) is 0 Å². The Bertz CT molecular complexity index is 3170. The monoisotopic (exact) mass is 729 g/mol. The maximum Gasteiger partial charge on any atom is 0.164 e. The van der Waals surface area contributed by atoms with Crippen LogP contribution in [0.5, 0.6) is 0 Å². The largest absolute Gasteiger partial charge is 0.208 e. The van der Waals surface area contributed by atoms with Crippen LogP contribution in [0.25, 0.3) is 88.4 Å². The number of benzene rings is 8. The SMILES string of the molecule is c1ccc(-c2nc(-c3cccc(-c4ccc5c(c4)C4(c6ccccc6-c6ccccc64)c4sc6ccccc6c4-5)c3)nc(-c3ccc4ccccc4c3)n2)cc1. The summed E-state index contributed by atoms with van der Waals surface area (Å²) in [5.74, 6) is 1.95. The molecule has 260 valence electrons. The van der Waals surface area contributed by atoms with E-state index >= 15 is 0 Å². The highest BCUT2D eigenvalue weighted by Gasteiger charge is 2.53. The minimum Gasteiger partial charge on any atom is -0.208 e. The van der Waals surface area contributed by atoms with Gasteiger partial charge in [0.25, 0.3) is 0 Å². The molecule has 0 atom stereocenters. The Kier molecular flexibility index (Phi) is 6.72. The van der Waals surface area contributed by atoms with Gasteiger partial charge in [0.15, 0.2) is 17.5 Å². The third-order valence-corrected chi connectivity index (χ3v) is 13.0. The van der Waals surface area contributed by atoms with Gasteiger partial charge in [-0.25, -0.2) is 15.0 Å². The van der Waals surface area contributed by atoms with Crippen molar-refractivity contribution in [2.75, 3.05) is 0 Å². The predicted molar refractivity (Wildman–Crippen MR) is 231 cm³/mol. The number of aromatic nitrogens is 3. The third kappa shape index (κ3) is 4.48. The Morgan fingerprint density at radius 3 is 1.71 bits per heavy atom. The van der Waals surface area contributed by atoms with Gasteiger partial charge in [0.05, 0.1) is 5.41 Å². The molecule has 0 unspecified atom stereocenters. The summed E-state index contributed by atoms with van der Waals surface area (Å²) >= 11 is 1.94. The molecule has 0 N–H and O–H groups in total. The van der Waals surface area contributed by atoms with E-state index in [0.29, 0.717) is 17.5 Å². The number of hydrogen-bond donors (Lipinski definition) is 0. The van der Waals surface area contributed by atoms with Crippen molar-refractivity contribution in [3.8, 4) is 67.5 Å². The Morgan fingerprint density at radius 1 is 0.357 bits per heavy atom. The molecule has 10 aromatic rings. The molecule has 56 heavy (non-hydrogen) atoms. The lowest BCUT2D eigenvalue weighted by atomic mass is 9.73. The van der Waals surface area contributed by atoms with Crippen LogP contribution in [0.2, 0.25) is 0 Å². The lowest BCUT2D eigenvalue weighted by molar-refractivity contribution is 0.812. The Labute approximate surface area is 328 Å². The maximum absolute atomic E-state index is 5.14. The van der Waals surface area contributed by atoms with Crippen LogP contribution in [0.1, 0.15) is 21.6 Å². The topological polar surface area (TPSA) is 38.7 Å². The molecule has 2 heterocycles. The molecule has 0 saturated carbocycles. The number of hydrogen-bond acceptors (Lipinski definition) is 4. The Hall–Kier alpha value is -7.01. The minimum absolute atomic E-state index is 0.400. The molecular weight excluding hydrogens is 699 g/mol. The molecule has 8 aromatic carbocycles. The van der Waals surface area contributed by atoms with Gasteiger partial charge < -0.3 is 0 Å². The van der Waals surface area contributed by atoms with Crippen molar-refractivity contribution in [1.29, 1.82) is 0 Å². The van der Waals surface area contributed by atoms with E-state index in [1.807, 2.05) is 29.5 Å². The number of thiophene rings is 1. The van der Waals surface area contributed by atoms with Gasteiger partial charge in [0.1, 0.15) is 0 Å². The first kappa shape index (κ1) is 31.4. The first-order chi connectivity index (χ1) is 27.7. The summed E-state index contributed by atoms with van der Waals surface area (Å²) in [6.45, 7) is 0. The van der Waals surface area contributed by atoms with Gasteiger partial charge in [-0.3, -0.25) is 0 Å². The molecule has 12 rings (SSSR count). The molecule has 0 aliphatic heterocycles. The van der Waals surface area contributed by atoms with Crippen molar-refractivity contribution in [2.45, 2.75) is 5.41 Å². The highest BCUT2D eigenvalue weighted by molar-refractivity contribution is 7.20. The summed E-state index contributed by atoms with van der Waals surface area (Å²) in [5.41, 5.74) is 14.1. The van der Waals surface area contributed by atoms with Crippen LogP contribution in [0, 0.1) is 0 Å². The van der Waals surface area contributed by atoms with E-state index in [1.54, 1.807) is 0 Å². The van der Waals surface area contributed by atoms with Crippen LogP contribution in [-0.4, -0.2) is 15.0 Å². The summed E-state index contributed by atoms with van der Waals surface area (Å²) < 4.78 is 1.33. The first-order valence-corrected chi connectivity index (χ1v) is 19.8. The number of fused-ring (bicyclic) bond motifs is 13. The lowest BCUT2D eigenvalue weighted by Crippen LogP contribution is -2.24. The number of nitrogens with zero attached hydrogens (tertiary/aromatic N) is 3. The fraction of sp³-hybridized carbons (Fsp3) is 0.0192. The van der Waals surface area contributed by atoms with Crippen molar-refractivity contribution in [3.05, 3.63) is 210 Å². The molecule has 2 aliphatic carbocycles. The zero-order valence-electron chi connectivity index (χ0n) is 30.1. The van der Waals surface area contributed by atoms with Crippen LogP contribution < -0.4 is 0 Å². The van der Waals surface area contributed by atoms with Gasteiger partial charge in [0.2, 0.25) is 0 Å². The van der Waals surface area contributed by atoms with Gasteiger partial charge in [-0.15, -0.1) is 11.3 Å². The second-order valence-corrected chi connectivity index (χ2v) is 15.8. The quantitative estimate of drug-likeness (QED) is 0.181. The molecule has 1 spiro atoms. The molecule has 0 radical (unpaired) electrons. The summed E-state index contributed by atoms with van der Waals surface area (Å²) in [4.78, 5) is 16.7. The van der Waals surface area contributed by atoms with Gasteiger partial charge in [0, 0.05) is 37.2 Å². The molecule has 0 amide bonds. The van der Waals surface area contributed by atoms with Gasteiger partial charge >= 0.3 is 0 Å². The summed E-state index contributed by atoms with van der Waals surface area (Å²) in [6, 6.07) is 67.7. The molecule has 2 aromatic heterocycles. The fourth-order valence-corrected chi connectivity index (χ4v) is 10.7. The first-order valence-electron chi connectivity index (χ1n) is 19.0.